The van der Waals surface area contributed by atoms with Crippen molar-refractivity contribution < 1.29 is 13.9 Å². The first-order valence-electron chi connectivity index (χ1n) is 5.86. The fourth-order valence-electron chi connectivity index (χ4n) is 2.02. The summed E-state index contributed by atoms with van der Waals surface area (Å²) in [4.78, 5) is 0. The molecule has 100 valence electrons. The minimum atomic E-state index is -0.931. The Bertz CT molecular complexity index is 599. The number of hydrogen-bond acceptors (Lipinski definition) is 1. The van der Waals surface area contributed by atoms with Crippen LogP contribution >= 0.6 is 15.9 Å². The molecule has 4 heteroatoms. The Morgan fingerprint density at radius 3 is 2.53 bits per heavy atom. The number of hydrogen-bond donors (Lipinski definition) is 1. The minimum absolute atomic E-state index is 0.0953. The maximum absolute atomic E-state index is 13.8. The Morgan fingerprint density at radius 1 is 1.16 bits per heavy atom. The van der Waals surface area contributed by atoms with Crippen LogP contribution in [-0.4, -0.2) is 5.11 Å². The van der Waals surface area contributed by atoms with E-state index in [0.29, 0.717) is 5.56 Å². The van der Waals surface area contributed by atoms with Gasteiger partial charge in [-0.25, -0.2) is 8.78 Å². The van der Waals surface area contributed by atoms with Crippen LogP contribution in [0.4, 0.5) is 8.78 Å². The van der Waals surface area contributed by atoms with Crippen LogP contribution in [-0.2, 0) is 6.42 Å². The normalized spacial score (nSPS) is 12.5. The lowest BCUT2D eigenvalue weighted by molar-refractivity contribution is 0.175. The van der Waals surface area contributed by atoms with Gasteiger partial charge in [0.2, 0.25) is 0 Å². The van der Waals surface area contributed by atoms with Gasteiger partial charge in [-0.3, -0.25) is 0 Å². The molecule has 1 atom stereocenters. The summed E-state index contributed by atoms with van der Waals surface area (Å²) < 4.78 is 27.7. The average molecular weight is 327 g/mol. The standard InChI is InChI=1S/C15H13BrF2O/c1-9-4-2-3-5-10(9)14(19)8-11-13(17)7-6-12(16)15(11)18/h2-7,14,19H,8H2,1H3. The quantitative estimate of drug-likeness (QED) is 0.833. The van der Waals surface area contributed by atoms with Gasteiger partial charge >= 0.3 is 0 Å². The molecule has 0 fully saturated rings. The summed E-state index contributed by atoms with van der Waals surface area (Å²) in [5.74, 6) is -1.30. The first-order chi connectivity index (χ1) is 9.00. The molecule has 0 amide bonds. The minimum Gasteiger partial charge on any atom is -0.388 e. The molecular weight excluding hydrogens is 314 g/mol. The van der Waals surface area contributed by atoms with E-state index >= 15 is 0 Å². The summed E-state index contributed by atoms with van der Waals surface area (Å²) >= 11 is 3.02. The fourth-order valence-corrected chi connectivity index (χ4v) is 2.39. The first kappa shape index (κ1) is 14.2. The molecule has 19 heavy (non-hydrogen) atoms. The van der Waals surface area contributed by atoms with E-state index in [1.807, 2.05) is 19.1 Å². The van der Waals surface area contributed by atoms with Gasteiger partial charge in [-0.2, -0.15) is 0 Å². The maximum atomic E-state index is 13.8. The highest BCUT2D eigenvalue weighted by Gasteiger charge is 2.18. The van der Waals surface area contributed by atoms with Crippen LogP contribution in [0, 0.1) is 18.6 Å². The number of aliphatic hydroxyl groups excluding tert-OH is 1. The van der Waals surface area contributed by atoms with Crippen molar-refractivity contribution in [3.05, 3.63) is 69.2 Å². The van der Waals surface area contributed by atoms with Crippen molar-refractivity contribution in [2.24, 2.45) is 0 Å². The fraction of sp³-hybridized carbons (Fsp3) is 0.200. The molecule has 0 radical (unpaired) electrons. The lowest BCUT2D eigenvalue weighted by atomic mass is 9.97. The summed E-state index contributed by atoms with van der Waals surface area (Å²) in [5.41, 5.74) is 1.47. The third kappa shape index (κ3) is 3.01. The van der Waals surface area contributed by atoms with Crippen molar-refractivity contribution in [2.75, 3.05) is 0 Å². The topological polar surface area (TPSA) is 20.2 Å². The van der Waals surface area contributed by atoms with Crippen LogP contribution in [0.3, 0.4) is 0 Å². The van der Waals surface area contributed by atoms with Crippen molar-refractivity contribution in [1.29, 1.82) is 0 Å². The van der Waals surface area contributed by atoms with Crippen molar-refractivity contribution in [3.8, 4) is 0 Å². The zero-order valence-corrected chi connectivity index (χ0v) is 11.9. The number of rotatable bonds is 3. The van der Waals surface area contributed by atoms with Crippen LogP contribution in [0.1, 0.15) is 22.8 Å². The van der Waals surface area contributed by atoms with E-state index in [9.17, 15) is 13.9 Å². The molecule has 0 aliphatic heterocycles. The molecule has 1 N–H and O–H groups in total. The van der Waals surface area contributed by atoms with Gasteiger partial charge in [-0.15, -0.1) is 0 Å². The van der Waals surface area contributed by atoms with Crippen LogP contribution < -0.4 is 0 Å². The Labute approximate surface area is 119 Å². The highest BCUT2D eigenvalue weighted by atomic mass is 79.9. The molecule has 2 aromatic rings. The van der Waals surface area contributed by atoms with Crippen LogP contribution in [0.25, 0.3) is 0 Å². The largest absolute Gasteiger partial charge is 0.388 e. The Morgan fingerprint density at radius 2 is 1.84 bits per heavy atom. The summed E-state index contributed by atoms with van der Waals surface area (Å²) in [6.07, 6.45) is -1.03. The monoisotopic (exact) mass is 326 g/mol. The zero-order valence-electron chi connectivity index (χ0n) is 10.3. The molecular formula is C15H13BrF2O. The van der Waals surface area contributed by atoms with Gasteiger partial charge < -0.3 is 5.11 Å². The number of benzene rings is 2. The van der Waals surface area contributed by atoms with E-state index in [2.05, 4.69) is 15.9 Å². The molecule has 0 saturated heterocycles. The van der Waals surface area contributed by atoms with Gasteiger partial charge in [0.05, 0.1) is 10.6 Å². The predicted octanol–water partition coefficient (Wildman–Crippen LogP) is 4.31. The average Bonchev–Trinajstić information content (AvgIpc) is 2.39. The molecule has 0 bridgehead atoms. The third-order valence-corrected chi connectivity index (χ3v) is 3.70. The molecule has 0 heterocycles. The summed E-state index contributed by atoms with van der Waals surface area (Å²) in [6, 6.07) is 9.76. The van der Waals surface area contributed by atoms with Crippen molar-refractivity contribution in [2.45, 2.75) is 19.4 Å². The van der Waals surface area contributed by atoms with Crippen molar-refractivity contribution in [3.63, 3.8) is 0 Å². The van der Waals surface area contributed by atoms with E-state index in [1.165, 1.54) is 12.1 Å². The van der Waals surface area contributed by atoms with Gasteiger partial charge in [-0.05, 0) is 46.1 Å². The molecule has 0 spiro atoms. The first-order valence-corrected chi connectivity index (χ1v) is 6.66. The summed E-state index contributed by atoms with van der Waals surface area (Å²) in [7, 11) is 0. The Kier molecular flexibility index (Phi) is 4.32. The Hall–Kier alpha value is -1.26. The van der Waals surface area contributed by atoms with Gasteiger partial charge in [0.1, 0.15) is 11.6 Å². The highest BCUT2D eigenvalue weighted by molar-refractivity contribution is 9.10. The summed E-state index contributed by atoms with van der Waals surface area (Å²) in [6.45, 7) is 1.85. The molecule has 1 unspecified atom stereocenters. The molecule has 0 aliphatic rings. The van der Waals surface area contributed by atoms with E-state index in [0.717, 1.165) is 5.56 Å². The summed E-state index contributed by atoms with van der Waals surface area (Å²) in [5, 5.41) is 10.1. The Balaban J connectivity index is 2.32. The SMILES string of the molecule is Cc1ccccc1C(O)Cc1c(F)ccc(Br)c1F. The lowest BCUT2D eigenvalue weighted by Gasteiger charge is -2.15. The van der Waals surface area contributed by atoms with Crippen molar-refractivity contribution >= 4 is 15.9 Å². The van der Waals surface area contributed by atoms with E-state index in [4.69, 9.17) is 0 Å². The second kappa shape index (κ2) is 5.80. The van der Waals surface area contributed by atoms with E-state index in [-0.39, 0.29) is 16.5 Å². The lowest BCUT2D eigenvalue weighted by Crippen LogP contribution is -2.07. The molecule has 2 rings (SSSR count). The molecule has 0 aromatic heterocycles. The van der Waals surface area contributed by atoms with Crippen molar-refractivity contribution in [1.82, 2.24) is 0 Å². The van der Waals surface area contributed by atoms with Gasteiger partial charge in [0.15, 0.2) is 0 Å². The van der Waals surface area contributed by atoms with Gasteiger partial charge in [0, 0.05) is 12.0 Å². The predicted molar refractivity (Wildman–Crippen MR) is 73.9 cm³/mol. The van der Waals surface area contributed by atoms with Gasteiger partial charge in [0.25, 0.3) is 0 Å². The molecule has 0 saturated carbocycles. The van der Waals surface area contributed by atoms with Crippen LogP contribution in [0.15, 0.2) is 40.9 Å². The zero-order chi connectivity index (χ0) is 14.0. The molecule has 1 nitrogen and oxygen atoms in total. The molecule has 0 aliphatic carbocycles. The number of aryl methyl sites for hydroxylation is 1. The maximum Gasteiger partial charge on any atom is 0.143 e. The number of aliphatic hydroxyl groups is 1. The smallest absolute Gasteiger partial charge is 0.143 e. The number of halogens is 3. The highest BCUT2D eigenvalue weighted by Crippen LogP contribution is 2.27. The third-order valence-electron chi connectivity index (χ3n) is 3.08. The van der Waals surface area contributed by atoms with Crippen LogP contribution in [0.5, 0.6) is 0 Å². The van der Waals surface area contributed by atoms with E-state index in [1.54, 1.807) is 12.1 Å². The van der Waals surface area contributed by atoms with Crippen LogP contribution in [0.2, 0.25) is 0 Å². The van der Waals surface area contributed by atoms with E-state index < -0.39 is 17.7 Å². The second-order valence-corrected chi connectivity index (χ2v) is 5.25. The van der Waals surface area contributed by atoms with Gasteiger partial charge in [-0.1, -0.05) is 24.3 Å². The molecule has 2 aromatic carbocycles. The second-order valence-electron chi connectivity index (χ2n) is 4.40.